The smallest absolute Gasteiger partial charge is 0.347 e. The van der Waals surface area contributed by atoms with Gasteiger partial charge in [0.2, 0.25) is 0 Å². The van der Waals surface area contributed by atoms with Crippen LogP contribution in [0.3, 0.4) is 0 Å². The third kappa shape index (κ3) is 3.11. The number of fused-ring (bicyclic) bond motifs is 5. The van der Waals surface area contributed by atoms with E-state index < -0.39 is 0 Å². The first-order valence-corrected chi connectivity index (χ1v) is 10.3. The van der Waals surface area contributed by atoms with Crippen LogP contribution in [-0.2, 0) is 0 Å². The van der Waals surface area contributed by atoms with Crippen LogP contribution in [0.5, 0.6) is 0 Å². The van der Waals surface area contributed by atoms with E-state index in [2.05, 4.69) is 18.3 Å². The van der Waals surface area contributed by atoms with Crippen molar-refractivity contribution >= 4 is 38.3 Å². The number of nitrogens with one attached hydrogen (secondary N) is 1. The normalized spacial score (nSPS) is 11.4. The van der Waals surface area contributed by atoms with Crippen molar-refractivity contribution in [2.45, 2.75) is 19.8 Å². The molecule has 5 rings (SSSR count). The zero-order chi connectivity index (χ0) is 20.5. The number of nitrogens with zero attached hydrogens (tertiary/aromatic N) is 1. The molecular weight excluding hydrogens is 372 g/mol. The van der Waals surface area contributed by atoms with Crippen molar-refractivity contribution in [1.82, 2.24) is 4.98 Å². The standard InChI is InChI=1S/C26H22N2O2/c1-2-3-15-27-25-23-21(16-22(28-25)18-10-5-4-6-11-18)20-14-13-17-9-7-8-12-19(17)24(20)30-26(23)29/h4-14,16H,2-3,15H2,1H3,(H,27,28). The van der Waals surface area contributed by atoms with Gasteiger partial charge in [0.25, 0.3) is 0 Å². The van der Waals surface area contributed by atoms with Gasteiger partial charge < -0.3 is 9.73 Å². The summed E-state index contributed by atoms with van der Waals surface area (Å²) in [5.41, 5.74) is 2.11. The number of rotatable bonds is 5. The van der Waals surface area contributed by atoms with Gasteiger partial charge in [-0.25, -0.2) is 9.78 Å². The molecule has 1 N–H and O–H groups in total. The van der Waals surface area contributed by atoms with Gasteiger partial charge in [0.1, 0.15) is 16.8 Å². The molecule has 0 saturated heterocycles. The van der Waals surface area contributed by atoms with E-state index in [1.54, 1.807) is 0 Å². The fourth-order valence-electron chi connectivity index (χ4n) is 3.94. The Morgan fingerprint density at radius 2 is 1.70 bits per heavy atom. The molecule has 30 heavy (non-hydrogen) atoms. The van der Waals surface area contributed by atoms with Crippen LogP contribution in [-0.4, -0.2) is 11.5 Å². The molecule has 0 spiro atoms. The molecule has 148 valence electrons. The lowest BCUT2D eigenvalue weighted by molar-refractivity contribution is 0.573. The van der Waals surface area contributed by atoms with Crippen molar-refractivity contribution in [3.8, 4) is 11.3 Å². The van der Waals surface area contributed by atoms with Gasteiger partial charge >= 0.3 is 5.63 Å². The van der Waals surface area contributed by atoms with Crippen LogP contribution >= 0.6 is 0 Å². The summed E-state index contributed by atoms with van der Waals surface area (Å²) in [6, 6.07) is 24.1. The minimum absolute atomic E-state index is 0.361. The molecule has 4 heteroatoms. The Hall–Kier alpha value is -3.66. The highest BCUT2D eigenvalue weighted by molar-refractivity contribution is 6.16. The second kappa shape index (κ2) is 7.64. The molecule has 0 aliphatic heterocycles. The van der Waals surface area contributed by atoms with Crippen molar-refractivity contribution in [3.63, 3.8) is 0 Å². The molecule has 0 aliphatic rings. The molecule has 5 aromatic rings. The van der Waals surface area contributed by atoms with Crippen molar-refractivity contribution in [3.05, 3.63) is 83.2 Å². The number of benzene rings is 3. The largest absolute Gasteiger partial charge is 0.421 e. The fraction of sp³-hybridized carbons (Fsp3) is 0.154. The van der Waals surface area contributed by atoms with E-state index in [-0.39, 0.29) is 5.63 Å². The Morgan fingerprint density at radius 3 is 2.53 bits per heavy atom. The molecule has 0 aliphatic carbocycles. The molecule has 0 radical (unpaired) electrons. The third-order valence-corrected chi connectivity index (χ3v) is 5.48. The highest BCUT2D eigenvalue weighted by atomic mass is 16.4. The topological polar surface area (TPSA) is 55.1 Å². The second-order valence-electron chi connectivity index (χ2n) is 7.48. The minimum Gasteiger partial charge on any atom is -0.421 e. The van der Waals surface area contributed by atoms with E-state index in [1.165, 1.54) is 0 Å². The summed E-state index contributed by atoms with van der Waals surface area (Å²) >= 11 is 0. The molecule has 0 bridgehead atoms. The quantitative estimate of drug-likeness (QED) is 0.214. The average molecular weight is 394 g/mol. The summed E-state index contributed by atoms with van der Waals surface area (Å²) in [7, 11) is 0. The lowest BCUT2D eigenvalue weighted by atomic mass is 10.0. The van der Waals surface area contributed by atoms with Crippen molar-refractivity contribution in [1.29, 1.82) is 0 Å². The van der Waals surface area contributed by atoms with Crippen LogP contribution in [0, 0.1) is 0 Å². The number of anilines is 1. The molecule has 0 atom stereocenters. The summed E-state index contributed by atoms with van der Waals surface area (Å²) in [5, 5.41) is 7.64. The predicted octanol–water partition coefficient (Wildman–Crippen LogP) is 6.37. The van der Waals surface area contributed by atoms with Crippen LogP contribution < -0.4 is 10.9 Å². The van der Waals surface area contributed by atoms with Gasteiger partial charge in [-0.15, -0.1) is 0 Å². The number of hydrogen-bond donors (Lipinski definition) is 1. The van der Waals surface area contributed by atoms with Gasteiger partial charge in [-0.05, 0) is 23.9 Å². The molecule has 0 amide bonds. The van der Waals surface area contributed by atoms with Crippen molar-refractivity contribution in [2.75, 3.05) is 11.9 Å². The van der Waals surface area contributed by atoms with Crippen LogP contribution in [0.15, 0.2) is 82.0 Å². The summed E-state index contributed by atoms with van der Waals surface area (Å²) in [5.74, 6) is 0.587. The molecule has 4 nitrogen and oxygen atoms in total. The number of unbranched alkanes of at least 4 members (excludes halogenated alkanes) is 1. The number of aromatic nitrogens is 1. The van der Waals surface area contributed by atoms with Gasteiger partial charge in [0.15, 0.2) is 0 Å². The highest BCUT2D eigenvalue weighted by Gasteiger charge is 2.16. The molecule has 3 aromatic carbocycles. The number of hydrogen-bond acceptors (Lipinski definition) is 4. The maximum atomic E-state index is 13.1. The lowest BCUT2D eigenvalue weighted by Crippen LogP contribution is -2.10. The lowest BCUT2D eigenvalue weighted by Gasteiger charge is -2.13. The van der Waals surface area contributed by atoms with Crippen LogP contribution in [0.2, 0.25) is 0 Å². The first-order chi connectivity index (χ1) is 14.8. The third-order valence-electron chi connectivity index (χ3n) is 5.48. The van der Waals surface area contributed by atoms with Crippen LogP contribution in [0.25, 0.3) is 43.8 Å². The van der Waals surface area contributed by atoms with E-state index in [1.807, 2.05) is 66.7 Å². The minimum atomic E-state index is -0.361. The van der Waals surface area contributed by atoms with E-state index in [0.717, 1.165) is 52.2 Å². The van der Waals surface area contributed by atoms with Crippen LogP contribution in [0.4, 0.5) is 5.82 Å². The zero-order valence-electron chi connectivity index (χ0n) is 16.8. The first-order valence-electron chi connectivity index (χ1n) is 10.3. The zero-order valence-corrected chi connectivity index (χ0v) is 16.8. The molecule has 0 unspecified atom stereocenters. The van der Waals surface area contributed by atoms with E-state index >= 15 is 0 Å². The van der Waals surface area contributed by atoms with Crippen molar-refractivity contribution < 1.29 is 4.42 Å². The van der Waals surface area contributed by atoms with E-state index in [4.69, 9.17) is 9.40 Å². The van der Waals surface area contributed by atoms with Crippen molar-refractivity contribution in [2.24, 2.45) is 0 Å². The Labute approximate surface area is 174 Å². The van der Waals surface area contributed by atoms with E-state index in [9.17, 15) is 4.79 Å². The molecule has 2 heterocycles. The van der Waals surface area contributed by atoms with E-state index in [0.29, 0.717) is 16.8 Å². The maximum absolute atomic E-state index is 13.1. The van der Waals surface area contributed by atoms with Gasteiger partial charge in [-0.3, -0.25) is 0 Å². The predicted molar refractivity (Wildman–Crippen MR) is 124 cm³/mol. The summed E-state index contributed by atoms with van der Waals surface area (Å²) in [6.07, 6.45) is 2.06. The highest BCUT2D eigenvalue weighted by Crippen LogP contribution is 2.34. The summed E-state index contributed by atoms with van der Waals surface area (Å²) in [6.45, 7) is 2.90. The molecular formula is C26H22N2O2. The molecule has 0 fully saturated rings. The summed E-state index contributed by atoms with van der Waals surface area (Å²) in [4.78, 5) is 17.9. The van der Waals surface area contributed by atoms with Gasteiger partial charge in [0.05, 0.1) is 5.69 Å². The molecule has 0 saturated carbocycles. The van der Waals surface area contributed by atoms with Gasteiger partial charge in [-0.2, -0.15) is 0 Å². The Morgan fingerprint density at radius 1 is 0.900 bits per heavy atom. The van der Waals surface area contributed by atoms with Gasteiger partial charge in [0, 0.05) is 28.3 Å². The first kappa shape index (κ1) is 18.4. The number of pyridine rings is 1. The Bertz CT molecular complexity index is 1420. The molecule has 2 aromatic heterocycles. The average Bonchev–Trinajstić information content (AvgIpc) is 2.79. The maximum Gasteiger partial charge on any atom is 0.347 e. The fourth-order valence-corrected chi connectivity index (χ4v) is 3.94. The summed E-state index contributed by atoms with van der Waals surface area (Å²) < 4.78 is 5.85. The monoisotopic (exact) mass is 394 g/mol. The Balaban J connectivity index is 1.86. The van der Waals surface area contributed by atoms with Gasteiger partial charge in [-0.1, -0.05) is 74.0 Å². The Kier molecular flexibility index (Phi) is 4.68. The second-order valence-corrected chi connectivity index (χ2v) is 7.48. The van der Waals surface area contributed by atoms with Crippen LogP contribution in [0.1, 0.15) is 19.8 Å². The SMILES string of the molecule is CCCCNc1nc(-c2ccccc2)cc2c1c(=O)oc1c3ccccc3ccc21.